The Kier molecular flexibility index (Phi) is 6.41. The number of likely N-dealkylation sites (N-methyl/N-ethyl adjacent to an activating group) is 2. The first-order chi connectivity index (χ1) is 32.2. The Hall–Kier alpha value is -7.84. The molecular weight excluding hydrogens is 795 g/mol. The molecule has 7 nitrogen and oxygen atoms in total. The molecule has 16 rings (SSSR count). The molecule has 6 heterocycles. The van der Waals surface area contributed by atoms with Gasteiger partial charge in [0.2, 0.25) is 5.95 Å². The zero-order valence-electron chi connectivity index (χ0n) is 35.7. The summed E-state index contributed by atoms with van der Waals surface area (Å²) < 4.78 is 7.39. The normalized spacial score (nSPS) is 15.8. The lowest BCUT2D eigenvalue weighted by atomic mass is 9.96. The monoisotopic (exact) mass is 833 g/mol. The second-order valence-electron chi connectivity index (χ2n) is 18.5. The number of hydrogen-bond acceptors (Lipinski definition) is 4. The van der Waals surface area contributed by atoms with Gasteiger partial charge in [-0.3, -0.25) is 4.57 Å². The minimum absolute atomic E-state index is 0.291. The number of hydrogen-bond donors (Lipinski definition) is 2. The van der Waals surface area contributed by atoms with E-state index >= 15 is 0 Å². The summed E-state index contributed by atoms with van der Waals surface area (Å²) >= 11 is 0. The molecule has 2 aliphatic rings. The fourth-order valence-corrected chi connectivity index (χ4v) is 13.0. The van der Waals surface area contributed by atoms with Gasteiger partial charge in [-0.2, -0.15) is 0 Å². The zero-order valence-corrected chi connectivity index (χ0v) is 35.7. The van der Waals surface area contributed by atoms with E-state index in [1.807, 2.05) is 18.5 Å². The second kappa shape index (κ2) is 12.0. The maximum atomic E-state index is 4.94. The van der Waals surface area contributed by atoms with E-state index in [-0.39, 0.29) is 0 Å². The topological polar surface area (TPSA) is 63.6 Å². The van der Waals surface area contributed by atoms with Crippen molar-refractivity contribution >= 4 is 98.0 Å². The SMILES string of the molecule is CNCC1c2ccccc2-c2cc3c4cccc5c6cc7c8cc9c%10cccc%11c%12cc%13c(cc%12n(c9cc8n(-c8ncccn8)c7cc6n(c3cc21)c45)c%11%10)C(CNC)c1ccccc1-%13. The summed E-state index contributed by atoms with van der Waals surface area (Å²) in [6.07, 6.45) is 3.72. The molecule has 306 valence electrons. The van der Waals surface area contributed by atoms with Crippen molar-refractivity contribution in [1.82, 2.24) is 34.0 Å². The molecule has 8 aromatic carbocycles. The highest BCUT2D eigenvalue weighted by Crippen LogP contribution is 2.52. The second-order valence-corrected chi connectivity index (χ2v) is 18.5. The van der Waals surface area contributed by atoms with Gasteiger partial charge in [0.05, 0.1) is 44.1 Å². The molecule has 0 radical (unpaired) electrons. The van der Waals surface area contributed by atoms with E-state index < -0.39 is 0 Å². The van der Waals surface area contributed by atoms with Crippen LogP contribution in [0.1, 0.15) is 34.1 Å². The van der Waals surface area contributed by atoms with Gasteiger partial charge in [0, 0.05) is 91.2 Å². The van der Waals surface area contributed by atoms with Crippen LogP contribution in [0.3, 0.4) is 0 Å². The van der Waals surface area contributed by atoms with Crippen LogP contribution in [0.5, 0.6) is 0 Å². The third kappa shape index (κ3) is 4.11. The molecule has 2 atom stereocenters. The molecule has 2 N–H and O–H groups in total. The van der Waals surface area contributed by atoms with Gasteiger partial charge in [-0.05, 0) is 113 Å². The predicted octanol–water partition coefficient (Wildman–Crippen LogP) is 12.5. The van der Waals surface area contributed by atoms with E-state index in [1.165, 1.54) is 131 Å². The Morgan fingerprint density at radius 1 is 0.385 bits per heavy atom. The van der Waals surface area contributed by atoms with Crippen LogP contribution in [0.15, 0.2) is 152 Å². The lowest BCUT2D eigenvalue weighted by molar-refractivity contribution is 0.720. The average Bonchev–Trinajstić information content (AvgIpc) is 4.21. The fraction of sp³-hybridized carbons (Fsp3) is 0.103. The van der Waals surface area contributed by atoms with Gasteiger partial charge in [0.25, 0.3) is 0 Å². The molecular formula is C58H39N7. The van der Waals surface area contributed by atoms with Crippen LogP contribution in [-0.4, -0.2) is 50.5 Å². The molecule has 0 spiro atoms. The van der Waals surface area contributed by atoms with Gasteiger partial charge in [0.15, 0.2) is 0 Å². The Balaban J connectivity index is 1.01. The third-order valence-corrected chi connectivity index (χ3v) is 15.6. The molecule has 0 saturated heterocycles. The van der Waals surface area contributed by atoms with Crippen LogP contribution >= 0.6 is 0 Å². The summed E-state index contributed by atoms with van der Waals surface area (Å²) in [6, 6.07) is 53.2. The molecule has 65 heavy (non-hydrogen) atoms. The van der Waals surface area contributed by atoms with E-state index in [1.54, 1.807) is 0 Å². The maximum Gasteiger partial charge on any atom is 0.234 e. The highest BCUT2D eigenvalue weighted by Gasteiger charge is 2.32. The van der Waals surface area contributed by atoms with Crippen LogP contribution in [0.25, 0.3) is 126 Å². The number of fused-ring (bicyclic) bond motifs is 21. The molecule has 7 heteroatoms. The number of aromatic nitrogens is 5. The van der Waals surface area contributed by atoms with Crippen molar-refractivity contribution in [3.8, 4) is 28.2 Å². The van der Waals surface area contributed by atoms with Crippen molar-refractivity contribution in [2.24, 2.45) is 0 Å². The van der Waals surface area contributed by atoms with Crippen LogP contribution in [0.2, 0.25) is 0 Å². The molecule has 2 unspecified atom stereocenters. The van der Waals surface area contributed by atoms with Crippen molar-refractivity contribution in [2.75, 3.05) is 27.2 Å². The number of nitrogens with one attached hydrogen (secondary N) is 2. The molecule has 0 saturated carbocycles. The molecule has 0 aliphatic heterocycles. The summed E-state index contributed by atoms with van der Waals surface area (Å²) in [5.41, 5.74) is 20.6. The summed E-state index contributed by atoms with van der Waals surface area (Å²) in [6.45, 7) is 1.78. The Morgan fingerprint density at radius 3 is 1.26 bits per heavy atom. The lowest BCUT2D eigenvalue weighted by Crippen LogP contribution is -2.16. The largest absolute Gasteiger partial charge is 0.319 e. The van der Waals surface area contributed by atoms with E-state index in [9.17, 15) is 0 Å². The van der Waals surface area contributed by atoms with E-state index in [0.717, 1.165) is 24.1 Å². The molecule has 0 fully saturated rings. The van der Waals surface area contributed by atoms with Crippen molar-refractivity contribution in [1.29, 1.82) is 0 Å². The first-order valence-electron chi connectivity index (χ1n) is 22.8. The van der Waals surface area contributed by atoms with Crippen molar-refractivity contribution in [3.05, 3.63) is 174 Å². The summed E-state index contributed by atoms with van der Waals surface area (Å²) in [4.78, 5) is 9.88. The lowest BCUT2D eigenvalue weighted by Gasteiger charge is -2.13. The van der Waals surface area contributed by atoms with Crippen LogP contribution in [0.4, 0.5) is 0 Å². The molecule has 14 aromatic rings. The van der Waals surface area contributed by atoms with Gasteiger partial charge >= 0.3 is 0 Å². The quantitative estimate of drug-likeness (QED) is 0.181. The number of para-hydroxylation sites is 2. The van der Waals surface area contributed by atoms with Crippen molar-refractivity contribution in [3.63, 3.8) is 0 Å². The van der Waals surface area contributed by atoms with Crippen LogP contribution < -0.4 is 10.6 Å². The molecule has 0 amide bonds. The number of benzene rings is 8. The standard InChI is InChI=1S/C58H39N7/c1-59-28-48-32-12-5-3-10-30(32)38-20-42-34-14-7-16-36-44-22-46-47-23-45-37-17-8-15-35-43-21-39-31-11-4-6-13-33(31)49(29-60-2)41(39)25-51(43)64(57(35)37)53(45)27-55(47)65(58-61-18-9-19-62-58)54(46)26-52(44)63(56(34)36)50(42)24-40(38)48/h3-27,48-49,59-60H,28-29H2,1-2H3. The molecule has 2 aliphatic carbocycles. The Labute approximate surface area is 371 Å². The minimum Gasteiger partial charge on any atom is -0.319 e. The van der Waals surface area contributed by atoms with Gasteiger partial charge in [-0.15, -0.1) is 0 Å². The van der Waals surface area contributed by atoms with Crippen LogP contribution in [0, 0.1) is 0 Å². The van der Waals surface area contributed by atoms with Gasteiger partial charge < -0.3 is 19.4 Å². The van der Waals surface area contributed by atoms with Gasteiger partial charge in [0.1, 0.15) is 0 Å². The summed E-state index contributed by atoms with van der Waals surface area (Å²) in [5, 5.41) is 19.7. The van der Waals surface area contributed by atoms with E-state index in [4.69, 9.17) is 9.97 Å². The number of nitrogens with zero attached hydrogens (tertiary/aromatic N) is 5. The summed E-state index contributed by atoms with van der Waals surface area (Å²) in [7, 11) is 4.13. The molecule has 6 aromatic heterocycles. The Morgan fingerprint density at radius 2 is 0.800 bits per heavy atom. The van der Waals surface area contributed by atoms with Gasteiger partial charge in [-0.25, -0.2) is 9.97 Å². The van der Waals surface area contributed by atoms with Crippen molar-refractivity contribution in [2.45, 2.75) is 11.8 Å². The highest BCUT2D eigenvalue weighted by molar-refractivity contribution is 6.29. The zero-order chi connectivity index (χ0) is 42.4. The fourth-order valence-electron chi connectivity index (χ4n) is 13.0. The third-order valence-electron chi connectivity index (χ3n) is 15.6. The first-order valence-corrected chi connectivity index (χ1v) is 22.8. The predicted molar refractivity (Wildman–Crippen MR) is 268 cm³/mol. The molecule has 0 bridgehead atoms. The summed E-state index contributed by atoms with van der Waals surface area (Å²) in [5.74, 6) is 1.25. The Bertz CT molecular complexity index is 4140. The average molecular weight is 834 g/mol. The van der Waals surface area contributed by atoms with E-state index in [2.05, 4.69) is 172 Å². The smallest absolute Gasteiger partial charge is 0.234 e. The number of rotatable bonds is 5. The van der Waals surface area contributed by atoms with Crippen molar-refractivity contribution < 1.29 is 0 Å². The minimum atomic E-state index is 0.291. The first kappa shape index (κ1) is 34.6. The highest BCUT2D eigenvalue weighted by atomic mass is 15.1. The van der Waals surface area contributed by atoms with Crippen LogP contribution in [-0.2, 0) is 0 Å². The van der Waals surface area contributed by atoms with E-state index in [0.29, 0.717) is 17.8 Å². The van der Waals surface area contributed by atoms with Gasteiger partial charge in [-0.1, -0.05) is 84.9 Å². The maximum absolute atomic E-state index is 4.94.